The Morgan fingerprint density at radius 1 is 1.00 bits per heavy atom. The highest BCUT2D eigenvalue weighted by molar-refractivity contribution is 5.77. The molecule has 5 heteroatoms. The molecule has 124 valence electrons. The van der Waals surface area contributed by atoms with E-state index < -0.39 is 0 Å². The fourth-order valence-corrected chi connectivity index (χ4v) is 2.73. The number of rotatable bonds is 5. The van der Waals surface area contributed by atoms with E-state index >= 15 is 0 Å². The van der Waals surface area contributed by atoms with Gasteiger partial charge in [0.25, 0.3) is 0 Å². The second-order valence-electron chi connectivity index (χ2n) is 5.89. The lowest BCUT2D eigenvalue weighted by Crippen LogP contribution is -2.01. The molecule has 5 nitrogen and oxygen atoms in total. The van der Waals surface area contributed by atoms with Gasteiger partial charge in [-0.3, -0.25) is 9.67 Å². The van der Waals surface area contributed by atoms with E-state index in [-0.39, 0.29) is 0 Å². The predicted molar refractivity (Wildman–Crippen MR) is 97.4 cm³/mol. The van der Waals surface area contributed by atoms with Gasteiger partial charge in [0.15, 0.2) is 0 Å². The first kappa shape index (κ1) is 15.3. The Hall–Kier alpha value is -3.21. The number of aryl methyl sites for hydroxylation is 1. The topological polar surface area (TPSA) is 52.8 Å². The molecule has 0 saturated heterocycles. The van der Waals surface area contributed by atoms with Crippen molar-refractivity contribution in [1.82, 2.24) is 19.7 Å². The Bertz CT molecular complexity index is 1010. The molecule has 0 aliphatic heterocycles. The van der Waals surface area contributed by atoms with E-state index in [1.54, 1.807) is 10.9 Å². The smallest absolute Gasteiger partial charge is 0.119 e. The van der Waals surface area contributed by atoms with Crippen molar-refractivity contribution in [3.63, 3.8) is 0 Å². The molecule has 2 aromatic heterocycles. The zero-order valence-electron chi connectivity index (χ0n) is 14.0. The molecule has 0 atom stereocenters. The molecule has 4 rings (SSSR count). The highest BCUT2D eigenvalue weighted by atomic mass is 16.5. The minimum atomic E-state index is 0.610. The summed E-state index contributed by atoms with van der Waals surface area (Å²) in [6, 6.07) is 15.8. The van der Waals surface area contributed by atoms with E-state index in [0.717, 1.165) is 34.5 Å². The fourth-order valence-electron chi connectivity index (χ4n) is 2.73. The molecule has 0 aliphatic rings. The molecule has 4 aromatic rings. The van der Waals surface area contributed by atoms with E-state index in [2.05, 4.69) is 15.1 Å². The molecular formula is C20H18N4O. The Balaban J connectivity index is 1.50. The first-order valence-corrected chi connectivity index (χ1v) is 8.20. The van der Waals surface area contributed by atoms with Crippen molar-refractivity contribution >= 4 is 11.0 Å². The van der Waals surface area contributed by atoms with Crippen molar-refractivity contribution in [3.8, 4) is 17.0 Å². The molecule has 0 aliphatic carbocycles. The molecule has 25 heavy (non-hydrogen) atoms. The van der Waals surface area contributed by atoms with E-state index in [9.17, 15) is 0 Å². The summed E-state index contributed by atoms with van der Waals surface area (Å²) in [5, 5.41) is 4.17. The highest BCUT2D eigenvalue weighted by Gasteiger charge is 2.04. The number of hydrogen-bond donors (Lipinski definition) is 0. The van der Waals surface area contributed by atoms with E-state index in [1.165, 1.54) is 5.56 Å². The Morgan fingerprint density at radius 3 is 2.72 bits per heavy atom. The summed E-state index contributed by atoms with van der Waals surface area (Å²) in [5.74, 6) is 0.830. The lowest BCUT2D eigenvalue weighted by atomic mass is 10.1. The third-order valence-electron chi connectivity index (χ3n) is 4.00. The predicted octanol–water partition coefficient (Wildman–Crippen LogP) is 3.65. The fraction of sp³-hybridized carbons (Fsp3) is 0.150. The maximum absolute atomic E-state index is 5.88. The van der Waals surface area contributed by atoms with E-state index in [1.807, 2.05) is 68.0 Å². The van der Waals surface area contributed by atoms with Crippen molar-refractivity contribution in [2.75, 3.05) is 6.61 Å². The highest BCUT2D eigenvalue weighted by Crippen LogP contribution is 2.23. The van der Waals surface area contributed by atoms with Gasteiger partial charge in [0.05, 0.1) is 35.7 Å². The Kier molecular flexibility index (Phi) is 4.12. The quantitative estimate of drug-likeness (QED) is 0.560. The Labute approximate surface area is 145 Å². The van der Waals surface area contributed by atoms with Crippen molar-refractivity contribution in [3.05, 3.63) is 72.7 Å². The van der Waals surface area contributed by atoms with Crippen molar-refractivity contribution < 1.29 is 4.74 Å². The van der Waals surface area contributed by atoms with Gasteiger partial charge in [0.2, 0.25) is 0 Å². The third-order valence-corrected chi connectivity index (χ3v) is 4.00. The van der Waals surface area contributed by atoms with Crippen LogP contribution in [0.1, 0.15) is 5.56 Å². The van der Waals surface area contributed by atoms with E-state index in [4.69, 9.17) is 4.74 Å². The number of ether oxygens (including phenoxy) is 1. The summed E-state index contributed by atoms with van der Waals surface area (Å²) in [6.07, 6.45) is 6.50. The number of hydrogen-bond acceptors (Lipinski definition) is 4. The number of benzene rings is 2. The summed E-state index contributed by atoms with van der Waals surface area (Å²) in [7, 11) is 1.92. The molecule has 0 N–H and O–H groups in total. The van der Waals surface area contributed by atoms with Crippen LogP contribution in [0.2, 0.25) is 0 Å². The molecule has 0 amide bonds. The van der Waals surface area contributed by atoms with Crippen LogP contribution in [-0.4, -0.2) is 26.4 Å². The van der Waals surface area contributed by atoms with Crippen molar-refractivity contribution in [1.29, 1.82) is 0 Å². The maximum atomic E-state index is 5.88. The summed E-state index contributed by atoms with van der Waals surface area (Å²) in [4.78, 5) is 9.17. The van der Waals surface area contributed by atoms with Gasteiger partial charge < -0.3 is 4.74 Å². The second-order valence-corrected chi connectivity index (χ2v) is 5.89. The minimum absolute atomic E-state index is 0.610. The van der Waals surface area contributed by atoms with Gasteiger partial charge in [0.1, 0.15) is 5.75 Å². The van der Waals surface area contributed by atoms with Gasteiger partial charge in [-0.1, -0.05) is 24.3 Å². The van der Waals surface area contributed by atoms with Crippen LogP contribution in [-0.2, 0) is 13.5 Å². The summed E-state index contributed by atoms with van der Waals surface area (Å²) < 4.78 is 7.68. The zero-order valence-corrected chi connectivity index (χ0v) is 14.0. The number of para-hydroxylation sites is 2. The third kappa shape index (κ3) is 3.50. The Morgan fingerprint density at radius 2 is 1.88 bits per heavy atom. The molecular weight excluding hydrogens is 312 g/mol. The van der Waals surface area contributed by atoms with Crippen LogP contribution >= 0.6 is 0 Å². The summed E-state index contributed by atoms with van der Waals surface area (Å²) >= 11 is 0. The van der Waals surface area contributed by atoms with Crippen LogP contribution in [0.3, 0.4) is 0 Å². The van der Waals surface area contributed by atoms with Crippen LogP contribution in [0.4, 0.5) is 0 Å². The van der Waals surface area contributed by atoms with E-state index in [0.29, 0.717) is 6.61 Å². The summed E-state index contributed by atoms with van der Waals surface area (Å²) in [5.41, 5.74) is 4.80. The standard InChI is InChI=1S/C20H18N4O/c1-24-14-15(12-22-24)9-10-25-17-6-4-5-16(11-17)20-13-21-18-7-2-3-8-19(18)23-20/h2-8,11-14H,9-10H2,1H3. The van der Waals surface area contributed by atoms with Gasteiger partial charge >= 0.3 is 0 Å². The molecule has 0 fully saturated rings. The average molecular weight is 330 g/mol. The van der Waals surface area contributed by atoms with Crippen molar-refractivity contribution in [2.45, 2.75) is 6.42 Å². The van der Waals surface area contributed by atoms with Crippen LogP contribution < -0.4 is 4.74 Å². The molecule has 0 radical (unpaired) electrons. The first-order chi connectivity index (χ1) is 12.3. The molecule has 2 aromatic carbocycles. The zero-order chi connectivity index (χ0) is 17.1. The van der Waals surface area contributed by atoms with Gasteiger partial charge in [-0.25, -0.2) is 4.98 Å². The molecule has 2 heterocycles. The van der Waals surface area contributed by atoms with Crippen molar-refractivity contribution in [2.24, 2.45) is 7.05 Å². The van der Waals surface area contributed by atoms with Gasteiger partial charge in [-0.15, -0.1) is 0 Å². The molecule has 0 bridgehead atoms. The largest absolute Gasteiger partial charge is 0.493 e. The second kappa shape index (κ2) is 6.73. The van der Waals surface area contributed by atoms with Crippen LogP contribution in [0.5, 0.6) is 5.75 Å². The average Bonchev–Trinajstić information content (AvgIpc) is 3.07. The van der Waals surface area contributed by atoms with Gasteiger partial charge in [0, 0.05) is 25.2 Å². The van der Waals surface area contributed by atoms with Crippen LogP contribution in [0.15, 0.2) is 67.1 Å². The monoisotopic (exact) mass is 330 g/mol. The first-order valence-electron chi connectivity index (χ1n) is 8.20. The normalized spacial score (nSPS) is 10.9. The summed E-state index contributed by atoms with van der Waals surface area (Å²) in [6.45, 7) is 0.610. The van der Waals surface area contributed by atoms with Gasteiger partial charge in [-0.2, -0.15) is 5.10 Å². The molecule has 0 saturated carbocycles. The number of aromatic nitrogens is 4. The molecule has 0 unspecified atom stereocenters. The SMILES string of the molecule is Cn1cc(CCOc2cccc(-c3cnc4ccccc4n3)c2)cn1. The van der Waals surface area contributed by atoms with Crippen LogP contribution in [0.25, 0.3) is 22.3 Å². The lowest BCUT2D eigenvalue weighted by Gasteiger charge is -2.08. The van der Waals surface area contributed by atoms with Crippen LogP contribution in [0, 0.1) is 0 Å². The number of nitrogens with zero attached hydrogens (tertiary/aromatic N) is 4. The number of fused-ring (bicyclic) bond motifs is 1. The minimum Gasteiger partial charge on any atom is -0.493 e. The molecule has 0 spiro atoms. The lowest BCUT2D eigenvalue weighted by molar-refractivity contribution is 0.322. The maximum Gasteiger partial charge on any atom is 0.119 e. The van der Waals surface area contributed by atoms with Gasteiger partial charge in [-0.05, 0) is 29.8 Å².